The van der Waals surface area contributed by atoms with E-state index in [-0.39, 0.29) is 12.6 Å². The lowest BCUT2D eigenvalue weighted by molar-refractivity contribution is -0.162. The molecule has 0 saturated heterocycles. The molecule has 0 aromatic heterocycles. The van der Waals surface area contributed by atoms with Crippen LogP contribution >= 0.6 is 0 Å². The first-order valence-electron chi connectivity index (χ1n) is 5.17. The van der Waals surface area contributed by atoms with Gasteiger partial charge in [0.05, 0.1) is 6.07 Å². The SMILES string of the molecule is N#CCN(C(=O)CC(F)(F)F)C1CCCC1. The van der Waals surface area contributed by atoms with Crippen LogP contribution in [0.4, 0.5) is 13.2 Å². The highest BCUT2D eigenvalue weighted by Crippen LogP contribution is 2.26. The van der Waals surface area contributed by atoms with Crippen molar-refractivity contribution in [3.8, 4) is 6.07 Å². The van der Waals surface area contributed by atoms with Crippen molar-refractivity contribution in [2.24, 2.45) is 0 Å². The first kappa shape index (κ1) is 12.8. The lowest BCUT2D eigenvalue weighted by atomic mass is 10.2. The normalized spacial score (nSPS) is 17.1. The molecule has 16 heavy (non-hydrogen) atoms. The van der Waals surface area contributed by atoms with Crippen molar-refractivity contribution < 1.29 is 18.0 Å². The molecule has 0 bridgehead atoms. The largest absolute Gasteiger partial charge is 0.397 e. The summed E-state index contributed by atoms with van der Waals surface area (Å²) in [5.74, 6) is -0.985. The molecule has 1 amide bonds. The maximum Gasteiger partial charge on any atom is 0.397 e. The molecule has 0 unspecified atom stereocenters. The van der Waals surface area contributed by atoms with Gasteiger partial charge >= 0.3 is 6.18 Å². The number of alkyl halides is 3. The molecule has 0 aliphatic heterocycles. The topological polar surface area (TPSA) is 44.1 Å². The summed E-state index contributed by atoms with van der Waals surface area (Å²) in [6, 6.07) is 1.56. The van der Waals surface area contributed by atoms with Crippen LogP contribution in [0.2, 0.25) is 0 Å². The summed E-state index contributed by atoms with van der Waals surface area (Å²) < 4.78 is 36.2. The van der Waals surface area contributed by atoms with E-state index < -0.39 is 18.5 Å². The van der Waals surface area contributed by atoms with Crippen LogP contribution in [0, 0.1) is 11.3 Å². The number of hydrogen-bond donors (Lipinski definition) is 0. The summed E-state index contributed by atoms with van der Waals surface area (Å²) in [7, 11) is 0. The smallest absolute Gasteiger partial charge is 0.326 e. The Bertz CT molecular complexity index is 289. The number of nitriles is 1. The minimum absolute atomic E-state index is 0.186. The summed E-state index contributed by atoms with van der Waals surface area (Å²) in [5, 5.41) is 8.52. The number of amides is 1. The molecule has 3 nitrogen and oxygen atoms in total. The van der Waals surface area contributed by atoms with E-state index in [2.05, 4.69) is 0 Å². The van der Waals surface area contributed by atoms with Gasteiger partial charge in [-0.1, -0.05) is 12.8 Å². The molecule has 1 aliphatic carbocycles. The van der Waals surface area contributed by atoms with E-state index in [1.54, 1.807) is 6.07 Å². The van der Waals surface area contributed by atoms with Gasteiger partial charge in [0.2, 0.25) is 5.91 Å². The zero-order valence-electron chi connectivity index (χ0n) is 8.76. The van der Waals surface area contributed by atoms with Crippen molar-refractivity contribution in [1.29, 1.82) is 5.26 Å². The third kappa shape index (κ3) is 3.72. The van der Waals surface area contributed by atoms with Crippen molar-refractivity contribution in [3.05, 3.63) is 0 Å². The highest BCUT2D eigenvalue weighted by molar-refractivity contribution is 5.77. The Morgan fingerprint density at radius 2 is 1.94 bits per heavy atom. The molecular weight excluding hydrogens is 221 g/mol. The molecule has 1 aliphatic rings. The van der Waals surface area contributed by atoms with Crippen molar-refractivity contribution in [2.75, 3.05) is 6.54 Å². The van der Waals surface area contributed by atoms with Crippen molar-refractivity contribution in [2.45, 2.75) is 44.3 Å². The van der Waals surface area contributed by atoms with Crippen LogP contribution in [0.1, 0.15) is 32.1 Å². The summed E-state index contributed by atoms with van der Waals surface area (Å²) in [5.41, 5.74) is 0. The van der Waals surface area contributed by atoms with E-state index in [4.69, 9.17) is 5.26 Å². The molecular formula is C10H13F3N2O. The van der Waals surface area contributed by atoms with Gasteiger partial charge in [-0.2, -0.15) is 18.4 Å². The Morgan fingerprint density at radius 3 is 2.38 bits per heavy atom. The second-order valence-electron chi connectivity index (χ2n) is 3.91. The van der Waals surface area contributed by atoms with E-state index in [0.29, 0.717) is 12.8 Å². The molecule has 0 atom stereocenters. The average molecular weight is 234 g/mol. The molecule has 1 saturated carbocycles. The number of hydrogen-bond acceptors (Lipinski definition) is 2. The monoisotopic (exact) mass is 234 g/mol. The third-order valence-corrected chi connectivity index (χ3v) is 2.68. The first-order chi connectivity index (χ1) is 7.44. The zero-order chi connectivity index (χ0) is 12.2. The number of halogens is 3. The quantitative estimate of drug-likeness (QED) is 0.703. The fourth-order valence-electron chi connectivity index (χ4n) is 1.99. The summed E-state index contributed by atoms with van der Waals surface area (Å²) in [6.45, 7) is -0.250. The Balaban J connectivity index is 2.62. The third-order valence-electron chi connectivity index (χ3n) is 2.68. The highest BCUT2D eigenvalue weighted by Gasteiger charge is 2.36. The molecule has 0 spiro atoms. The van der Waals surface area contributed by atoms with Crippen LogP contribution in [-0.4, -0.2) is 29.6 Å². The van der Waals surface area contributed by atoms with Gasteiger partial charge < -0.3 is 4.90 Å². The molecule has 1 rings (SSSR count). The lowest BCUT2D eigenvalue weighted by Crippen LogP contribution is -2.41. The van der Waals surface area contributed by atoms with Crippen LogP contribution in [0.5, 0.6) is 0 Å². The fourth-order valence-corrected chi connectivity index (χ4v) is 1.99. The molecule has 6 heteroatoms. The van der Waals surface area contributed by atoms with Crippen LogP contribution in [0.3, 0.4) is 0 Å². The van der Waals surface area contributed by atoms with Crippen LogP contribution < -0.4 is 0 Å². The van der Waals surface area contributed by atoms with E-state index in [1.807, 2.05) is 0 Å². The first-order valence-corrected chi connectivity index (χ1v) is 5.17. The maximum absolute atomic E-state index is 12.1. The molecule has 0 heterocycles. The van der Waals surface area contributed by atoms with Gasteiger partial charge in [0, 0.05) is 6.04 Å². The minimum atomic E-state index is -4.50. The van der Waals surface area contributed by atoms with Crippen LogP contribution in [0.15, 0.2) is 0 Å². The van der Waals surface area contributed by atoms with E-state index in [1.165, 1.54) is 0 Å². The summed E-state index contributed by atoms with van der Waals surface area (Å²) >= 11 is 0. The second kappa shape index (κ2) is 5.19. The predicted molar refractivity (Wildman–Crippen MR) is 50.3 cm³/mol. The van der Waals surface area contributed by atoms with Gasteiger partial charge in [0.1, 0.15) is 13.0 Å². The Morgan fingerprint density at radius 1 is 1.38 bits per heavy atom. The molecule has 0 aromatic rings. The van der Waals surface area contributed by atoms with Gasteiger partial charge in [-0.05, 0) is 12.8 Å². The second-order valence-corrected chi connectivity index (χ2v) is 3.91. The molecule has 1 fully saturated rings. The van der Waals surface area contributed by atoms with E-state index >= 15 is 0 Å². The Labute approximate surface area is 91.8 Å². The summed E-state index contributed by atoms with van der Waals surface area (Å²) in [4.78, 5) is 12.5. The standard InChI is InChI=1S/C10H13F3N2O/c11-10(12,13)7-9(16)15(6-5-14)8-3-1-2-4-8/h8H,1-4,6-7H2. The molecule has 0 N–H and O–H groups in total. The van der Waals surface area contributed by atoms with E-state index in [9.17, 15) is 18.0 Å². The van der Waals surface area contributed by atoms with Crippen molar-refractivity contribution in [3.63, 3.8) is 0 Å². The number of carbonyl (C=O) groups is 1. The summed E-state index contributed by atoms with van der Waals surface area (Å²) in [6.07, 6.45) is -2.75. The van der Waals surface area contributed by atoms with Gasteiger partial charge in [-0.15, -0.1) is 0 Å². The molecule has 0 radical (unpaired) electrons. The fraction of sp³-hybridized carbons (Fsp3) is 0.800. The predicted octanol–water partition coefficient (Wildman–Crippen LogP) is 2.23. The average Bonchev–Trinajstić information content (AvgIpc) is 2.63. The van der Waals surface area contributed by atoms with E-state index in [0.717, 1.165) is 17.7 Å². The molecule has 90 valence electrons. The molecule has 0 aromatic carbocycles. The van der Waals surface area contributed by atoms with Gasteiger partial charge in [0.15, 0.2) is 0 Å². The number of rotatable bonds is 3. The Hall–Kier alpha value is -1.25. The van der Waals surface area contributed by atoms with Gasteiger partial charge in [-0.25, -0.2) is 0 Å². The van der Waals surface area contributed by atoms with Gasteiger partial charge in [-0.3, -0.25) is 4.79 Å². The van der Waals surface area contributed by atoms with Crippen molar-refractivity contribution in [1.82, 2.24) is 4.90 Å². The van der Waals surface area contributed by atoms with Gasteiger partial charge in [0.25, 0.3) is 0 Å². The maximum atomic E-state index is 12.1. The van der Waals surface area contributed by atoms with Crippen molar-refractivity contribution >= 4 is 5.91 Å². The highest BCUT2D eigenvalue weighted by atomic mass is 19.4. The zero-order valence-corrected chi connectivity index (χ0v) is 8.76. The van der Waals surface area contributed by atoms with Crippen LogP contribution in [-0.2, 0) is 4.79 Å². The number of nitrogens with zero attached hydrogens (tertiary/aromatic N) is 2. The minimum Gasteiger partial charge on any atom is -0.326 e. The lowest BCUT2D eigenvalue weighted by Gasteiger charge is -2.26. The van der Waals surface area contributed by atoms with Crippen LogP contribution in [0.25, 0.3) is 0 Å². The Kier molecular flexibility index (Phi) is 4.16. The number of carbonyl (C=O) groups excluding carboxylic acids is 1.